The number of para-hydroxylation sites is 1. The molecule has 224 valence electrons. The number of ether oxygens (including phenoxy) is 7. The topological polar surface area (TPSA) is 159 Å². The lowest BCUT2D eigenvalue weighted by Gasteiger charge is -2.17. The third kappa shape index (κ3) is 13.1. The summed E-state index contributed by atoms with van der Waals surface area (Å²) < 4.78 is 35.8. The number of hydrogen-bond donors (Lipinski definition) is 1. The van der Waals surface area contributed by atoms with Crippen LogP contribution in [0.5, 0.6) is 17.2 Å². The molecule has 0 unspecified atom stereocenters. The van der Waals surface area contributed by atoms with Gasteiger partial charge in [-0.3, -0.25) is 4.79 Å². The van der Waals surface area contributed by atoms with Crippen LogP contribution >= 0.6 is 0 Å². The minimum Gasteiger partial charge on any atom is -0.461 e. The summed E-state index contributed by atoms with van der Waals surface area (Å²) in [6, 6.07) is 11.5. The van der Waals surface area contributed by atoms with Gasteiger partial charge in [-0.2, -0.15) is 0 Å². The lowest BCUT2D eigenvalue weighted by Crippen LogP contribution is -2.36. The summed E-state index contributed by atoms with van der Waals surface area (Å²) in [5, 5.41) is 0. The van der Waals surface area contributed by atoms with E-state index in [1.165, 1.54) is 25.1 Å². The molecule has 0 radical (unpaired) electrons. The molecule has 0 aliphatic carbocycles. The average molecular weight is 576 g/mol. The van der Waals surface area contributed by atoms with Gasteiger partial charge in [-0.1, -0.05) is 52.0 Å². The molecule has 2 N–H and O–H groups in total. The van der Waals surface area contributed by atoms with Crippen LogP contribution in [0.4, 0.5) is 14.4 Å². The fraction of sp³-hybridized carbons (Fsp3) is 0.448. The second kappa shape index (κ2) is 16.7. The Labute approximate surface area is 238 Å². The third-order valence-corrected chi connectivity index (χ3v) is 4.92. The molecule has 0 heterocycles. The van der Waals surface area contributed by atoms with E-state index in [-0.39, 0.29) is 49.6 Å². The minimum absolute atomic E-state index is 0.0143. The van der Waals surface area contributed by atoms with Gasteiger partial charge in [0.1, 0.15) is 24.5 Å². The Morgan fingerprint density at radius 2 is 1.27 bits per heavy atom. The first-order chi connectivity index (χ1) is 19.4. The highest BCUT2D eigenvalue weighted by atomic mass is 16.7. The fourth-order valence-corrected chi connectivity index (χ4v) is 3.00. The van der Waals surface area contributed by atoms with Gasteiger partial charge in [-0.15, -0.1) is 0 Å². The largest absolute Gasteiger partial charge is 0.514 e. The van der Waals surface area contributed by atoms with E-state index < -0.39 is 36.6 Å². The summed E-state index contributed by atoms with van der Waals surface area (Å²) in [6.07, 6.45) is -3.74. The SMILES string of the molecule is CC(C)COC(=O)Oc1ccc(C[C@H](N)C(=O)OC[C@H](C)OC(=O)Oc2ccccc2)cc1OC(=O)OCC(C)C. The molecular formula is C29H37NO11. The van der Waals surface area contributed by atoms with Gasteiger partial charge in [0.2, 0.25) is 0 Å². The zero-order valence-corrected chi connectivity index (χ0v) is 23.8. The van der Waals surface area contributed by atoms with Crippen LogP contribution in [0.3, 0.4) is 0 Å². The second-order valence-corrected chi connectivity index (χ2v) is 9.93. The predicted molar refractivity (Wildman–Crippen MR) is 146 cm³/mol. The fourth-order valence-electron chi connectivity index (χ4n) is 3.00. The molecule has 2 aromatic rings. The van der Waals surface area contributed by atoms with Crippen molar-refractivity contribution in [3.8, 4) is 17.2 Å². The maximum atomic E-state index is 12.5. The van der Waals surface area contributed by atoms with Crippen molar-refractivity contribution in [2.45, 2.75) is 53.2 Å². The van der Waals surface area contributed by atoms with Crippen LogP contribution < -0.4 is 19.9 Å². The smallest absolute Gasteiger partial charge is 0.461 e. The highest BCUT2D eigenvalue weighted by molar-refractivity contribution is 5.76. The summed E-state index contributed by atoms with van der Waals surface area (Å²) in [5.74, 6) is -0.504. The number of benzene rings is 2. The standard InChI is InChI=1S/C29H37NO11/c1-18(2)15-36-27(32)40-24-12-11-21(14-25(24)41-28(33)37-16-19(3)4)13-23(30)26(31)35-17-20(5)38-29(34)39-22-9-7-6-8-10-22/h6-12,14,18-20,23H,13,15-17,30H2,1-5H3/t20-,23-/m0/s1. The summed E-state index contributed by atoms with van der Waals surface area (Å²) in [6.45, 7) is 8.97. The van der Waals surface area contributed by atoms with Crippen molar-refractivity contribution in [3.63, 3.8) is 0 Å². The summed E-state index contributed by atoms with van der Waals surface area (Å²) >= 11 is 0. The number of carbonyl (C=O) groups excluding carboxylic acids is 4. The monoisotopic (exact) mass is 575 g/mol. The maximum absolute atomic E-state index is 12.5. The van der Waals surface area contributed by atoms with Crippen molar-refractivity contribution in [2.24, 2.45) is 17.6 Å². The van der Waals surface area contributed by atoms with Crippen LogP contribution in [-0.4, -0.2) is 56.4 Å². The zero-order chi connectivity index (χ0) is 30.4. The van der Waals surface area contributed by atoms with E-state index in [9.17, 15) is 19.2 Å². The number of nitrogens with two attached hydrogens (primary N) is 1. The maximum Gasteiger partial charge on any atom is 0.514 e. The molecule has 0 spiro atoms. The van der Waals surface area contributed by atoms with Crippen LogP contribution in [0.25, 0.3) is 0 Å². The first-order valence-electron chi connectivity index (χ1n) is 13.1. The normalized spacial score (nSPS) is 12.2. The summed E-state index contributed by atoms with van der Waals surface area (Å²) in [7, 11) is 0. The number of carbonyl (C=O) groups is 4. The van der Waals surface area contributed by atoms with E-state index in [1.807, 2.05) is 27.7 Å². The Bertz CT molecular complexity index is 1150. The molecule has 2 rings (SSSR count). The van der Waals surface area contributed by atoms with Crippen molar-refractivity contribution in [1.29, 1.82) is 0 Å². The van der Waals surface area contributed by atoms with Gasteiger partial charge < -0.3 is 38.9 Å². The molecule has 12 heteroatoms. The van der Waals surface area contributed by atoms with Crippen LogP contribution in [0.15, 0.2) is 48.5 Å². The lowest BCUT2D eigenvalue weighted by atomic mass is 10.1. The molecule has 0 amide bonds. The van der Waals surface area contributed by atoms with Crippen LogP contribution in [0.2, 0.25) is 0 Å². The Balaban J connectivity index is 1.97. The number of rotatable bonds is 13. The van der Waals surface area contributed by atoms with Crippen molar-refractivity contribution in [2.75, 3.05) is 19.8 Å². The molecule has 0 saturated heterocycles. The molecule has 0 bridgehead atoms. The first-order valence-corrected chi connectivity index (χ1v) is 13.1. The second-order valence-electron chi connectivity index (χ2n) is 9.93. The molecule has 12 nitrogen and oxygen atoms in total. The number of esters is 1. The van der Waals surface area contributed by atoms with E-state index in [1.54, 1.807) is 30.3 Å². The Kier molecular flexibility index (Phi) is 13.4. The first kappa shape index (κ1) is 32.9. The summed E-state index contributed by atoms with van der Waals surface area (Å²) in [5.41, 5.74) is 6.49. The van der Waals surface area contributed by atoms with Gasteiger partial charge >= 0.3 is 24.4 Å². The van der Waals surface area contributed by atoms with E-state index >= 15 is 0 Å². The Morgan fingerprint density at radius 1 is 0.683 bits per heavy atom. The molecule has 41 heavy (non-hydrogen) atoms. The highest BCUT2D eigenvalue weighted by Crippen LogP contribution is 2.30. The van der Waals surface area contributed by atoms with Gasteiger partial charge in [0.25, 0.3) is 0 Å². The minimum atomic E-state index is -1.11. The van der Waals surface area contributed by atoms with Crippen LogP contribution in [0.1, 0.15) is 40.2 Å². The van der Waals surface area contributed by atoms with E-state index in [2.05, 4.69) is 0 Å². The zero-order valence-electron chi connectivity index (χ0n) is 23.8. The van der Waals surface area contributed by atoms with Gasteiger partial charge in [-0.25, -0.2) is 14.4 Å². The summed E-state index contributed by atoms with van der Waals surface area (Å²) in [4.78, 5) is 48.6. The van der Waals surface area contributed by atoms with Gasteiger partial charge in [-0.05, 0) is 55.0 Å². The van der Waals surface area contributed by atoms with Crippen molar-refractivity contribution in [3.05, 3.63) is 54.1 Å². The molecule has 2 atom stereocenters. The highest BCUT2D eigenvalue weighted by Gasteiger charge is 2.22. The Morgan fingerprint density at radius 3 is 1.85 bits per heavy atom. The molecular weight excluding hydrogens is 538 g/mol. The van der Waals surface area contributed by atoms with Crippen molar-refractivity contribution in [1.82, 2.24) is 0 Å². The Hall–Kier alpha value is -4.32. The average Bonchev–Trinajstić information content (AvgIpc) is 2.91. The molecule has 0 aromatic heterocycles. The van der Waals surface area contributed by atoms with Crippen LogP contribution in [0, 0.1) is 11.8 Å². The molecule has 0 aliphatic heterocycles. The predicted octanol–water partition coefficient (Wildman–Crippen LogP) is 5.05. The molecule has 0 saturated carbocycles. The van der Waals surface area contributed by atoms with Crippen molar-refractivity contribution >= 4 is 24.4 Å². The lowest BCUT2D eigenvalue weighted by molar-refractivity contribution is -0.148. The number of hydrogen-bond acceptors (Lipinski definition) is 12. The van der Waals surface area contributed by atoms with Crippen molar-refractivity contribution < 1.29 is 52.3 Å². The van der Waals surface area contributed by atoms with Gasteiger partial charge in [0.15, 0.2) is 11.5 Å². The van der Waals surface area contributed by atoms with E-state index in [0.717, 1.165) is 0 Å². The molecule has 2 aromatic carbocycles. The quantitative estimate of drug-likeness (QED) is 0.193. The van der Waals surface area contributed by atoms with E-state index in [4.69, 9.17) is 38.9 Å². The van der Waals surface area contributed by atoms with E-state index in [0.29, 0.717) is 11.3 Å². The van der Waals surface area contributed by atoms with Gasteiger partial charge in [0, 0.05) is 0 Å². The van der Waals surface area contributed by atoms with Gasteiger partial charge in [0.05, 0.1) is 13.2 Å². The van der Waals surface area contributed by atoms with Crippen LogP contribution in [-0.2, 0) is 30.2 Å². The molecule has 0 fully saturated rings. The third-order valence-electron chi connectivity index (χ3n) is 4.92. The molecule has 0 aliphatic rings.